The zero-order chi connectivity index (χ0) is 22.6. The van der Waals surface area contributed by atoms with Crippen LogP contribution in [0.1, 0.15) is 38.4 Å². The van der Waals surface area contributed by atoms with Crippen LogP contribution in [0.3, 0.4) is 0 Å². The van der Waals surface area contributed by atoms with Gasteiger partial charge < -0.3 is 0 Å². The van der Waals surface area contributed by atoms with Gasteiger partial charge in [0.25, 0.3) is 0 Å². The van der Waals surface area contributed by atoms with Gasteiger partial charge in [-0.25, -0.2) is 28.2 Å². The molecule has 0 bridgehead atoms. The molecule has 1 atom stereocenters. The number of piperidine rings is 1. The summed E-state index contributed by atoms with van der Waals surface area (Å²) in [5, 5.41) is 9.57. The zero-order valence-electron chi connectivity index (χ0n) is 17.5. The van der Waals surface area contributed by atoms with Crippen molar-refractivity contribution in [2.45, 2.75) is 32.6 Å². The Hall–Kier alpha value is -2.07. The van der Waals surface area contributed by atoms with E-state index in [1.54, 1.807) is 31.7 Å². The molecule has 168 valence electrons. The number of nitrogens with zero attached hydrogens (tertiary/aromatic N) is 3. The molecule has 0 spiro atoms. The molecule has 1 aliphatic rings. The van der Waals surface area contributed by atoms with E-state index in [0.29, 0.717) is 36.8 Å². The fraction of sp³-hybridized carbons (Fsp3) is 0.476. The summed E-state index contributed by atoms with van der Waals surface area (Å²) in [7, 11) is -3.62. The average molecular weight is 467 g/mol. The number of hydrogen-bond donors (Lipinski definition) is 2. The van der Waals surface area contributed by atoms with E-state index < -0.39 is 21.8 Å². The molecule has 1 aliphatic heterocycles. The van der Waals surface area contributed by atoms with Crippen LogP contribution in [0.5, 0.6) is 0 Å². The van der Waals surface area contributed by atoms with Gasteiger partial charge in [0.1, 0.15) is 5.82 Å². The molecule has 8 nitrogen and oxygen atoms in total. The lowest BCUT2D eigenvalue weighted by atomic mass is 9.97. The van der Waals surface area contributed by atoms with E-state index in [1.165, 1.54) is 4.31 Å². The van der Waals surface area contributed by atoms with Gasteiger partial charge in [-0.2, -0.15) is 0 Å². The Bertz CT molecular complexity index is 989. The van der Waals surface area contributed by atoms with E-state index in [0.717, 1.165) is 11.1 Å². The highest BCUT2D eigenvalue weighted by Gasteiger charge is 2.34. The summed E-state index contributed by atoms with van der Waals surface area (Å²) >= 11 is 5.93. The highest BCUT2D eigenvalue weighted by Crippen LogP contribution is 2.29. The maximum Gasteiger partial charge on any atom is 0.247 e. The normalized spacial score (nSPS) is 16.9. The number of halogens is 1. The third kappa shape index (κ3) is 5.79. The van der Waals surface area contributed by atoms with Crippen LogP contribution in [0.15, 0.2) is 36.7 Å². The molecule has 31 heavy (non-hydrogen) atoms. The quantitative estimate of drug-likeness (QED) is 0.479. The van der Waals surface area contributed by atoms with Crippen LogP contribution in [-0.2, 0) is 14.8 Å². The number of hydroxylamine groups is 1. The van der Waals surface area contributed by atoms with Crippen LogP contribution >= 0.6 is 11.6 Å². The van der Waals surface area contributed by atoms with Crippen LogP contribution < -0.4 is 5.48 Å². The van der Waals surface area contributed by atoms with Gasteiger partial charge in [0.05, 0.1) is 11.7 Å². The van der Waals surface area contributed by atoms with E-state index in [1.807, 2.05) is 24.3 Å². The van der Waals surface area contributed by atoms with E-state index in [-0.39, 0.29) is 17.6 Å². The van der Waals surface area contributed by atoms with Crippen LogP contribution in [-0.4, -0.2) is 52.6 Å². The maximum absolute atomic E-state index is 12.8. The van der Waals surface area contributed by atoms with Crippen molar-refractivity contribution < 1.29 is 18.4 Å². The number of benzene rings is 1. The van der Waals surface area contributed by atoms with Gasteiger partial charge in [-0.1, -0.05) is 37.6 Å². The van der Waals surface area contributed by atoms with Crippen molar-refractivity contribution in [3.63, 3.8) is 0 Å². The molecule has 2 aromatic rings. The molecule has 1 fully saturated rings. The Balaban J connectivity index is 1.62. The molecule has 1 aromatic carbocycles. The Morgan fingerprint density at radius 2 is 1.74 bits per heavy atom. The first-order valence-electron chi connectivity index (χ1n) is 10.2. The van der Waals surface area contributed by atoms with Crippen molar-refractivity contribution >= 4 is 27.5 Å². The number of carbonyl (C=O) groups is 1. The molecular weight excluding hydrogens is 440 g/mol. The van der Waals surface area contributed by atoms with Gasteiger partial charge in [0.15, 0.2) is 0 Å². The van der Waals surface area contributed by atoms with Gasteiger partial charge in [-0.05, 0) is 36.5 Å². The Morgan fingerprint density at radius 1 is 1.16 bits per heavy atom. The minimum atomic E-state index is -3.62. The predicted octanol–water partition coefficient (Wildman–Crippen LogP) is 3.08. The van der Waals surface area contributed by atoms with Crippen molar-refractivity contribution in [2.75, 3.05) is 18.8 Å². The molecule has 2 heterocycles. The lowest BCUT2D eigenvalue weighted by Crippen LogP contribution is -2.44. The Morgan fingerprint density at radius 3 is 2.26 bits per heavy atom. The second-order valence-electron chi connectivity index (χ2n) is 8.12. The van der Waals surface area contributed by atoms with Crippen molar-refractivity contribution in [3.05, 3.63) is 47.5 Å². The molecule has 2 N–H and O–H groups in total. The lowest BCUT2D eigenvalue weighted by molar-refractivity contribution is -0.134. The molecule has 0 aliphatic carbocycles. The van der Waals surface area contributed by atoms with E-state index in [2.05, 4.69) is 9.97 Å². The third-order valence-electron chi connectivity index (χ3n) is 5.70. The van der Waals surface area contributed by atoms with Gasteiger partial charge >= 0.3 is 0 Å². The molecular formula is C21H27ClN4O4S. The van der Waals surface area contributed by atoms with Crippen LogP contribution in [0, 0.1) is 11.8 Å². The Kier molecular flexibility index (Phi) is 7.64. The number of rotatable bonds is 7. The molecule has 0 saturated carbocycles. The maximum atomic E-state index is 12.8. The monoisotopic (exact) mass is 466 g/mol. The summed E-state index contributed by atoms with van der Waals surface area (Å²) in [6, 6.07) is 7.45. The minimum Gasteiger partial charge on any atom is -0.289 e. The predicted molar refractivity (Wildman–Crippen MR) is 118 cm³/mol. The first-order valence-corrected chi connectivity index (χ1v) is 12.2. The summed E-state index contributed by atoms with van der Waals surface area (Å²) < 4.78 is 27.0. The Labute approximate surface area is 187 Å². The summed E-state index contributed by atoms with van der Waals surface area (Å²) in [5.74, 6) is -1.25. The minimum absolute atomic E-state index is 0.0763. The number of carbonyl (C=O) groups excluding carboxylic acids is 1. The zero-order valence-corrected chi connectivity index (χ0v) is 19.1. The molecule has 0 radical (unpaired) electrons. The first kappa shape index (κ1) is 23.6. The van der Waals surface area contributed by atoms with Gasteiger partial charge in [0, 0.05) is 42.0 Å². The second kappa shape index (κ2) is 10.0. The number of hydrogen-bond acceptors (Lipinski definition) is 6. The molecule has 3 rings (SSSR count). The summed E-state index contributed by atoms with van der Waals surface area (Å²) in [5.41, 5.74) is 3.44. The summed E-state index contributed by atoms with van der Waals surface area (Å²) in [6.07, 6.45) is 4.76. The molecule has 1 aromatic heterocycles. The van der Waals surface area contributed by atoms with Crippen LogP contribution in [0.25, 0.3) is 11.1 Å². The SMILES string of the molecule is CC(C)[C@@H](CS(=O)(=O)N1CCC(c2ncc(-c3ccc(Cl)cc3)cn2)CC1)C(=O)NO. The standard InChI is InChI=1S/C21H27ClN4O4S/c1-14(2)19(21(27)25-28)13-31(29,30)26-9-7-16(8-10-26)20-23-11-17(12-24-20)15-3-5-18(22)6-4-15/h3-6,11-12,14,16,19,28H,7-10,13H2,1-2H3,(H,25,27)/t19-/m1/s1. The van der Waals surface area contributed by atoms with E-state index in [9.17, 15) is 13.2 Å². The van der Waals surface area contributed by atoms with Gasteiger partial charge in [-0.3, -0.25) is 10.0 Å². The van der Waals surface area contributed by atoms with Crippen molar-refractivity contribution in [1.82, 2.24) is 19.8 Å². The fourth-order valence-electron chi connectivity index (χ4n) is 3.72. The van der Waals surface area contributed by atoms with Crippen LogP contribution in [0.2, 0.25) is 5.02 Å². The molecule has 1 saturated heterocycles. The van der Waals surface area contributed by atoms with Crippen molar-refractivity contribution in [3.8, 4) is 11.1 Å². The number of nitrogens with one attached hydrogen (secondary N) is 1. The smallest absolute Gasteiger partial charge is 0.247 e. The van der Waals surface area contributed by atoms with Gasteiger partial charge in [-0.15, -0.1) is 0 Å². The molecule has 1 amide bonds. The summed E-state index contributed by atoms with van der Waals surface area (Å²) in [4.78, 5) is 20.8. The average Bonchev–Trinajstić information content (AvgIpc) is 2.77. The number of amides is 1. The summed E-state index contributed by atoms with van der Waals surface area (Å²) in [6.45, 7) is 4.21. The third-order valence-corrected chi connectivity index (χ3v) is 7.89. The largest absolute Gasteiger partial charge is 0.289 e. The van der Waals surface area contributed by atoms with Crippen molar-refractivity contribution in [2.24, 2.45) is 11.8 Å². The number of sulfonamides is 1. The van der Waals surface area contributed by atoms with Gasteiger partial charge in [0.2, 0.25) is 15.9 Å². The van der Waals surface area contributed by atoms with Crippen LogP contribution in [0.4, 0.5) is 0 Å². The fourth-order valence-corrected chi connectivity index (χ4v) is 5.81. The van der Waals surface area contributed by atoms with E-state index >= 15 is 0 Å². The van der Waals surface area contributed by atoms with E-state index in [4.69, 9.17) is 16.8 Å². The molecule has 0 unspecified atom stereocenters. The molecule has 10 heteroatoms. The number of aromatic nitrogens is 2. The topological polar surface area (TPSA) is 112 Å². The van der Waals surface area contributed by atoms with Crippen molar-refractivity contribution in [1.29, 1.82) is 0 Å². The first-order chi connectivity index (χ1) is 14.7. The highest BCUT2D eigenvalue weighted by atomic mass is 35.5. The highest BCUT2D eigenvalue weighted by molar-refractivity contribution is 7.89. The lowest BCUT2D eigenvalue weighted by Gasteiger charge is -2.32. The second-order valence-corrected chi connectivity index (χ2v) is 10.6.